The van der Waals surface area contributed by atoms with Gasteiger partial charge in [0.25, 0.3) is 0 Å². The van der Waals surface area contributed by atoms with E-state index in [1.165, 1.54) is 0 Å². The van der Waals surface area contributed by atoms with Gasteiger partial charge in [0.15, 0.2) is 0 Å². The van der Waals surface area contributed by atoms with Gasteiger partial charge in [-0.1, -0.05) is 50.6 Å². The van der Waals surface area contributed by atoms with E-state index in [9.17, 15) is 9.59 Å². The first-order valence-corrected chi connectivity index (χ1v) is 15.6. The maximum atomic E-state index is 13.2. The molecule has 46 heavy (non-hydrogen) atoms. The van der Waals surface area contributed by atoms with Crippen LogP contribution in [0, 0.1) is 12.8 Å². The Morgan fingerprint density at radius 1 is 0.891 bits per heavy atom. The summed E-state index contributed by atoms with van der Waals surface area (Å²) in [4.78, 5) is 28.0. The zero-order chi connectivity index (χ0) is 32.8. The van der Waals surface area contributed by atoms with Crippen LogP contribution in [-0.2, 0) is 11.8 Å². The number of ether oxygens (including phenoxy) is 2. The number of nitrogens with one attached hydrogen (secondary N) is 3. The monoisotopic (exact) mass is 624 g/mol. The molecule has 0 radical (unpaired) electrons. The number of benzene rings is 3. The zero-order valence-electron chi connectivity index (χ0n) is 27.5. The first-order chi connectivity index (χ1) is 22.0. The summed E-state index contributed by atoms with van der Waals surface area (Å²) in [5.41, 5.74) is 5.21. The smallest absolute Gasteiger partial charge is 0.324 e. The highest BCUT2D eigenvalue weighted by Gasteiger charge is 2.25. The largest absolute Gasteiger partial charge is 0.497 e. The normalized spacial score (nSPS) is 13.7. The number of aryl methyl sites for hydroxylation is 1. The fourth-order valence-electron chi connectivity index (χ4n) is 5.54. The van der Waals surface area contributed by atoms with Crippen molar-refractivity contribution in [3.63, 3.8) is 0 Å². The standard InChI is InChI=1S/C36H44N6O4/c1-24-10-12-28(13-11-24)42-33(23-32(40-42)36(2,3)4)39-34(43)37-27-9-7-8-26(21-27)20-25-16-18-41(19-17-25)35(44)38-30-15-14-29(45-5)22-31(30)46-6/h7-15,21-23,25H,16-20H2,1-6H3,(H,38,44)(H2,37,39,43). The van der Waals surface area contributed by atoms with Gasteiger partial charge in [0.05, 0.1) is 31.3 Å². The SMILES string of the molecule is COc1ccc(NC(=O)N2CCC(Cc3cccc(NC(=O)Nc4cc(C(C)(C)C)nn4-c4ccc(C)cc4)c3)CC2)c(OC)c1. The third kappa shape index (κ3) is 7.99. The molecule has 2 heterocycles. The predicted octanol–water partition coefficient (Wildman–Crippen LogP) is 7.63. The van der Waals surface area contributed by atoms with E-state index in [2.05, 4.69) is 42.8 Å². The van der Waals surface area contributed by atoms with Gasteiger partial charge in [-0.2, -0.15) is 5.10 Å². The van der Waals surface area contributed by atoms with Crippen LogP contribution >= 0.6 is 0 Å². The highest BCUT2D eigenvalue weighted by atomic mass is 16.5. The van der Waals surface area contributed by atoms with Crippen LogP contribution in [0.5, 0.6) is 11.5 Å². The summed E-state index contributed by atoms with van der Waals surface area (Å²) >= 11 is 0. The predicted molar refractivity (Wildman–Crippen MR) is 183 cm³/mol. The molecule has 10 heteroatoms. The van der Waals surface area contributed by atoms with Gasteiger partial charge in [0.1, 0.15) is 17.3 Å². The van der Waals surface area contributed by atoms with Crippen molar-refractivity contribution in [1.29, 1.82) is 0 Å². The second kappa shape index (κ2) is 14.0. The van der Waals surface area contributed by atoms with Crippen molar-refractivity contribution >= 4 is 29.3 Å². The van der Waals surface area contributed by atoms with Gasteiger partial charge in [-0.15, -0.1) is 0 Å². The lowest BCUT2D eigenvalue weighted by Gasteiger charge is -2.32. The van der Waals surface area contributed by atoms with Crippen LogP contribution in [0.1, 0.15) is 50.4 Å². The zero-order valence-corrected chi connectivity index (χ0v) is 27.5. The van der Waals surface area contributed by atoms with E-state index in [1.54, 1.807) is 37.1 Å². The lowest BCUT2D eigenvalue weighted by Crippen LogP contribution is -2.41. The van der Waals surface area contributed by atoms with Crippen LogP contribution in [0.15, 0.2) is 72.8 Å². The number of anilines is 3. The number of nitrogens with zero attached hydrogens (tertiary/aromatic N) is 3. The molecule has 0 saturated carbocycles. The maximum Gasteiger partial charge on any atom is 0.324 e. The summed E-state index contributed by atoms with van der Waals surface area (Å²) in [6.07, 6.45) is 2.66. The van der Waals surface area contributed by atoms with E-state index in [4.69, 9.17) is 14.6 Å². The minimum atomic E-state index is -0.335. The number of piperidine rings is 1. The Bertz CT molecular complexity index is 1670. The molecule has 242 valence electrons. The summed E-state index contributed by atoms with van der Waals surface area (Å²) in [5, 5.41) is 13.8. The van der Waals surface area contributed by atoms with Crippen LogP contribution < -0.4 is 25.4 Å². The number of carbonyl (C=O) groups excluding carboxylic acids is 2. The van der Waals surface area contributed by atoms with Crippen LogP contribution in [0.4, 0.5) is 26.8 Å². The number of hydrogen-bond acceptors (Lipinski definition) is 5. The number of rotatable bonds is 8. The molecule has 3 N–H and O–H groups in total. The van der Waals surface area contributed by atoms with E-state index in [-0.39, 0.29) is 17.5 Å². The van der Waals surface area contributed by atoms with Crippen molar-refractivity contribution in [2.24, 2.45) is 5.92 Å². The second-order valence-electron chi connectivity index (χ2n) is 12.8. The topological polar surface area (TPSA) is 110 Å². The summed E-state index contributed by atoms with van der Waals surface area (Å²) < 4.78 is 12.4. The molecule has 0 spiro atoms. The lowest BCUT2D eigenvalue weighted by atomic mass is 9.90. The van der Waals surface area contributed by atoms with Gasteiger partial charge in [-0.3, -0.25) is 5.32 Å². The van der Waals surface area contributed by atoms with Gasteiger partial charge in [0, 0.05) is 36.3 Å². The number of likely N-dealkylation sites (tertiary alicyclic amines) is 1. The quantitative estimate of drug-likeness (QED) is 0.187. The molecular weight excluding hydrogens is 580 g/mol. The average molecular weight is 625 g/mol. The highest BCUT2D eigenvalue weighted by molar-refractivity contribution is 5.99. The summed E-state index contributed by atoms with van der Waals surface area (Å²) in [7, 11) is 3.16. The Morgan fingerprint density at radius 3 is 2.30 bits per heavy atom. The van der Waals surface area contributed by atoms with Crippen molar-refractivity contribution in [3.05, 3.63) is 89.6 Å². The van der Waals surface area contributed by atoms with E-state index in [0.29, 0.717) is 42.0 Å². The Labute approximate surface area is 271 Å². The van der Waals surface area contributed by atoms with E-state index >= 15 is 0 Å². The van der Waals surface area contributed by atoms with Gasteiger partial charge in [0.2, 0.25) is 0 Å². The molecule has 1 aromatic heterocycles. The van der Waals surface area contributed by atoms with Crippen molar-refractivity contribution < 1.29 is 19.1 Å². The third-order valence-corrected chi connectivity index (χ3v) is 8.26. The molecule has 3 aromatic carbocycles. The number of aromatic nitrogens is 2. The number of hydrogen-bond donors (Lipinski definition) is 3. The maximum absolute atomic E-state index is 13.2. The second-order valence-corrected chi connectivity index (χ2v) is 12.8. The molecule has 0 aliphatic carbocycles. The van der Waals surface area contributed by atoms with Crippen LogP contribution in [0.3, 0.4) is 0 Å². The Balaban J connectivity index is 1.17. The highest BCUT2D eigenvalue weighted by Crippen LogP contribution is 2.31. The van der Waals surface area contributed by atoms with Gasteiger partial charge in [-0.05, 0) is 74.1 Å². The van der Waals surface area contributed by atoms with E-state index < -0.39 is 0 Å². The Kier molecular flexibility index (Phi) is 9.84. The third-order valence-electron chi connectivity index (χ3n) is 8.26. The lowest BCUT2D eigenvalue weighted by molar-refractivity contribution is 0.182. The molecule has 4 aromatic rings. The van der Waals surface area contributed by atoms with Crippen LogP contribution in [0.2, 0.25) is 0 Å². The van der Waals surface area contributed by atoms with Crippen molar-refractivity contribution in [1.82, 2.24) is 14.7 Å². The number of amides is 4. The fourth-order valence-corrected chi connectivity index (χ4v) is 5.54. The molecule has 4 amide bonds. The minimum Gasteiger partial charge on any atom is -0.497 e. The van der Waals surface area contributed by atoms with Crippen molar-refractivity contribution in [3.8, 4) is 17.2 Å². The summed E-state index contributed by atoms with van der Waals surface area (Å²) in [6.45, 7) is 9.67. The molecule has 1 saturated heterocycles. The Hall–Kier alpha value is -4.99. The van der Waals surface area contributed by atoms with Crippen LogP contribution in [0.25, 0.3) is 5.69 Å². The Morgan fingerprint density at radius 2 is 1.63 bits per heavy atom. The van der Waals surface area contributed by atoms with Gasteiger partial charge >= 0.3 is 12.1 Å². The number of methoxy groups -OCH3 is 2. The van der Waals surface area contributed by atoms with Gasteiger partial charge < -0.3 is 25.0 Å². The average Bonchev–Trinajstić information content (AvgIpc) is 3.46. The molecule has 1 aliphatic rings. The molecule has 0 unspecified atom stereocenters. The van der Waals surface area contributed by atoms with E-state index in [1.807, 2.05) is 60.4 Å². The molecule has 5 rings (SSSR count). The summed E-state index contributed by atoms with van der Waals surface area (Å²) in [6, 6.07) is 22.8. The molecule has 1 fully saturated rings. The number of urea groups is 2. The fraction of sp³-hybridized carbons (Fsp3) is 0.361. The first kappa shape index (κ1) is 32.4. The van der Waals surface area contributed by atoms with Crippen molar-refractivity contribution in [2.45, 2.75) is 52.4 Å². The molecule has 0 atom stereocenters. The molecular formula is C36H44N6O4. The first-order valence-electron chi connectivity index (χ1n) is 15.6. The molecule has 1 aliphatic heterocycles. The van der Waals surface area contributed by atoms with Crippen molar-refractivity contribution in [2.75, 3.05) is 43.3 Å². The van der Waals surface area contributed by atoms with Gasteiger partial charge in [-0.25, -0.2) is 14.3 Å². The van der Waals surface area contributed by atoms with E-state index in [0.717, 1.165) is 47.5 Å². The number of carbonyl (C=O) groups is 2. The molecule has 10 nitrogen and oxygen atoms in total. The minimum absolute atomic E-state index is 0.141. The summed E-state index contributed by atoms with van der Waals surface area (Å²) in [5.74, 6) is 2.25. The van der Waals surface area contributed by atoms with Crippen LogP contribution in [-0.4, -0.2) is 54.1 Å². The molecule has 0 bridgehead atoms.